The molecular formula is C9H13FN2O2. The second-order valence-corrected chi connectivity index (χ2v) is 2.68. The molecule has 0 unspecified atom stereocenters. The van der Waals surface area contributed by atoms with E-state index >= 15 is 0 Å². The molecule has 0 aromatic carbocycles. The first-order valence-corrected chi connectivity index (χ1v) is 4.33. The Labute approximate surface area is 82.1 Å². The van der Waals surface area contributed by atoms with Gasteiger partial charge in [-0.1, -0.05) is 0 Å². The van der Waals surface area contributed by atoms with E-state index < -0.39 is 5.82 Å². The van der Waals surface area contributed by atoms with E-state index in [1.807, 2.05) is 6.92 Å². The van der Waals surface area contributed by atoms with E-state index in [0.717, 1.165) is 0 Å². The van der Waals surface area contributed by atoms with Crippen molar-refractivity contribution >= 4 is 0 Å². The number of hydrogen-bond donors (Lipinski definition) is 0. The number of rotatable bonds is 4. The predicted octanol–water partition coefficient (Wildman–Crippen LogP) is 1.47. The van der Waals surface area contributed by atoms with E-state index in [9.17, 15) is 4.39 Å². The van der Waals surface area contributed by atoms with Crippen LogP contribution in [0.15, 0.2) is 0 Å². The summed E-state index contributed by atoms with van der Waals surface area (Å²) in [5.41, 5.74) is 0.233. The summed E-state index contributed by atoms with van der Waals surface area (Å²) in [6.45, 7) is 4.17. The number of ether oxygens (including phenoxy) is 2. The van der Waals surface area contributed by atoms with Gasteiger partial charge >= 0.3 is 0 Å². The van der Waals surface area contributed by atoms with Crippen LogP contribution < -0.4 is 4.74 Å². The van der Waals surface area contributed by atoms with Crippen LogP contribution in [0.25, 0.3) is 0 Å². The van der Waals surface area contributed by atoms with Crippen LogP contribution in [0.4, 0.5) is 4.39 Å². The summed E-state index contributed by atoms with van der Waals surface area (Å²) in [4.78, 5) is 7.72. The Morgan fingerprint density at radius 3 is 2.64 bits per heavy atom. The molecule has 1 rings (SSSR count). The first-order valence-electron chi connectivity index (χ1n) is 4.33. The SMILES string of the molecule is CCOCc1nc(C)nc(OC)c1F. The van der Waals surface area contributed by atoms with Crippen LogP contribution >= 0.6 is 0 Å². The smallest absolute Gasteiger partial charge is 0.253 e. The maximum Gasteiger partial charge on any atom is 0.253 e. The average Bonchev–Trinajstić information content (AvgIpc) is 2.18. The summed E-state index contributed by atoms with van der Waals surface area (Å²) < 4.78 is 23.3. The second kappa shape index (κ2) is 4.85. The van der Waals surface area contributed by atoms with E-state index in [-0.39, 0.29) is 18.2 Å². The van der Waals surface area contributed by atoms with Crippen LogP contribution in [0.3, 0.4) is 0 Å². The second-order valence-electron chi connectivity index (χ2n) is 2.68. The third-order valence-corrected chi connectivity index (χ3v) is 1.64. The van der Waals surface area contributed by atoms with Crippen molar-refractivity contribution in [1.29, 1.82) is 0 Å². The van der Waals surface area contributed by atoms with Crippen LogP contribution in [0, 0.1) is 12.7 Å². The lowest BCUT2D eigenvalue weighted by atomic mass is 10.4. The molecule has 0 atom stereocenters. The zero-order valence-electron chi connectivity index (χ0n) is 8.50. The predicted molar refractivity (Wildman–Crippen MR) is 48.6 cm³/mol. The Bertz CT molecular complexity index is 318. The standard InChI is InChI=1S/C9H13FN2O2/c1-4-14-5-7-8(10)9(13-3)12-6(2)11-7/h4-5H2,1-3H3. The van der Waals surface area contributed by atoms with Crippen molar-refractivity contribution in [3.05, 3.63) is 17.3 Å². The Hall–Kier alpha value is -1.23. The molecule has 5 heteroatoms. The fourth-order valence-electron chi connectivity index (χ4n) is 1.02. The molecule has 1 heterocycles. The number of halogens is 1. The lowest BCUT2D eigenvalue weighted by Crippen LogP contribution is -2.05. The van der Waals surface area contributed by atoms with Gasteiger partial charge in [-0.2, -0.15) is 9.37 Å². The maximum absolute atomic E-state index is 13.4. The molecule has 0 aliphatic heterocycles. The molecule has 0 fully saturated rings. The van der Waals surface area contributed by atoms with Crippen molar-refractivity contribution in [3.8, 4) is 5.88 Å². The molecule has 78 valence electrons. The van der Waals surface area contributed by atoms with Gasteiger partial charge in [0.25, 0.3) is 5.88 Å². The van der Waals surface area contributed by atoms with Gasteiger partial charge in [0, 0.05) is 6.61 Å². The average molecular weight is 200 g/mol. The minimum absolute atomic E-state index is 0.0350. The van der Waals surface area contributed by atoms with Crippen molar-refractivity contribution in [2.45, 2.75) is 20.5 Å². The fraction of sp³-hybridized carbons (Fsp3) is 0.556. The Morgan fingerprint density at radius 1 is 1.36 bits per heavy atom. The van der Waals surface area contributed by atoms with Gasteiger partial charge in [-0.3, -0.25) is 0 Å². The number of aromatic nitrogens is 2. The Kier molecular flexibility index (Phi) is 3.76. The highest BCUT2D eigenvalue weighted by Gasteiger charge is 2.12. The monoisotopic (exact) mass is 200 g/mol. The summed E-state index contributed by atoms with van der Waals surface area (Å²) in [7, 11) is 1.37. The van der Waals surface area contributed by atoms with Crippen molar-refractivity contribution in [2.24, 2.45) is 0 Å². The molecule has 1 aromatic heterocycles. The molecule has 0 aliphatic rings. The molecule has 1 aromatic rings. The number of nitrogens with zero attached hydrogens (tertiary/aromatic N) is 2. The van der Waals surface area contributed by atoms with Gasteiger partial charge in [0.2, 0.25) is 5.82 Å². The van der Waals surface area contributed by atoms with Crippen LogP contribution in [0.2, 0.25) is 0 Å². The van der Waals surface area contributed by atoms with Gasteiger partial charge in [0.15, 0.2) is 0 Å². The molecule has 0 saturated heterocycles. The van der Waals surface area contributed by atoms with Gasteiger partial charge < -0.3 is 9.47 Å². The molecule has 0 bridgehead atoms. The summed E-state index contributed by atoms with van der Waals surface area (Å²) in [5, 5.41) is 0. The molecule has 0 spiro atoms. The molecule has 0 amide bonds. The molecule has 0 radical (unpaired) electrons. The van der Waals surface area contributed by atoms with Crippen molar-refractivity contribution < 1.29 is 13.9 Å². The summed E-state index contributed by atoms with van der Waals surface area (Å²) in [6, 6.07) is 0. The van der Waals surface area contributed by atoms with Gasteiger partial charge in [-0.25, -0.2) is 4.98 Å². The van der Waals surface area contributed by atoms with Crippen molar-refractivity contribution in [3.63, 3.8) is 0 Å². The van der Waals surface area contributed by atoms with Crippen molar-refractivity contribution in [2.75, 3.05) is 13.7 Å². The van der Waals surface area contributed by atoms with E-state index in [0.29, 0.717) is 12.4 Å². The first-order chi connectivity index (χ1) is 6.69. The third kappa shape index (κ3) is 2.38. The van der Waals surface area contributed by atoms with Crippen LogP contribution in [0.5, 0.6) is 5.88 Å². The summed E-state index contributed by atoms with van der Waals surface area (Å²) >= 11 is 0. The fourth-order valence-corrected chi connectivity index (χ4v) is 1.02. The minimum Gasteiger partial charge on any atom is -0.479 e. The molecular weight excluding hydrogens is 187 g/mol. The van der Waals surface area contributed by atoms with Crippen LogP contribution in [-0.2, 0) is 11.3 Å². The minimum atomic E-state index is -0.549. The molecule has 4 nitrogen and oxygen atoms in total. The molecule has 0 saturated carbocycles. The quantitative estimate of drug-likeness (QED) is 0.738. The van der Waals surface area contributed by atoms with Gasteiger partial charge in [0.05, 0.1) is 13.7 Å². The molecule has 14 heavy (non-hydrogen) atoms. The number of methoxy groups -OCH3 is 1. The van der Waals surface area contributed by atoms with Crippen LogP contribution in [-0.4, -0.2) is 23.7 Å². The number of aryl methyl sites for hydroxylation is 1. The van der Waals surface area contributed by atoms with Gasteiger partial charge in [0.1, 0.15) is 11.5 Å². The van der Waals surface area contributed by atoms with E-state index in [1.54, 1.807) is 6.92 Å². The van der Waals surface area contributed by atoms with Gasteiger partial charge in [-0.05, 0) is 13.8 Å². The zero-order valence-corrected chi connectivity index (χ0v) is 8.50. The van der Waals surface area contributed by atoms with E-state index in [4.69, 9.17) is 9.47 Å². The highest BCUT2D eigenvalue weighted by atomic mass is 19.1. The molecule has 0 aliphatic carbocycles. The van der Waals surface area contributed by atoms with E-state index in [1.165, 1.54) is 7.11 Å². The Morgan fingerprint density at radius 2 is 2.07 bits per heavy atom. The summed E-state index contributed by atoms with van der Waals surface area (Å²) in [6.07, 6.45) is 0. The first kappa shape index (κ1) is 10.8. The lowest BCUT2D eigenvalue weighted by Gasteiger charge is -2.06. The highest BCUT2D eigenvalue weighted by Crippen LogP contribution is 2.16. The lowest BCUT2D eigenvalue weighted by molar-refractivity contribution is 0.127. The summed E-state index contributed by atoms with van der Waals surface area (Å²) in [5.74, 6) is -0.114. The van der Waals surface area contributed by atoms with Crippen LogP contribution in [0.1, 0.15) is 18.4 Å². The van der Waals surface area contributed by atoms with E-state index in [2.05, 4.69) is 9.97 Å². The zero-order chi connectivity index (χ0) is 10.6. The maximum atomic E-state index is 13.4. The van der Waals surface area contributed by atoms with Crippen molar-refractivity contribution in [1.82, 2.24) is 9.97 Å². The van der Waals surface area contributed by atoms with Gasteiger partial charge in [-0.15, -0.1) is 0 Å². The Balaban J connectivity index is 2.96. The number of hydrogen-bond acceptors (Lipinski definition) is 4. The highest BCUT2D eigenvalue weighted by molar-refractivity contribution is 5.18. The topological polar surface area (TPSA) is 44.2 Å². The third-order valence-electron chi connectivity index (χ3n) is 1.64. The molecule has 0 N–H and O–H groups in total. The normalized spacial score (nSPS) is 10.3. The largest absolute Gasteiger partial charge is 0.479 e.